The monoisotopic (exact) mass is 208 g/mol. The van der Waals surface area contributed by atoms with Crippen molar-refractivity contribution in [3.05, 3.63) is 23.8 Å². The van der Waals surface area contributed by atoms with Gasteiger partial charge in [-0.05, 0) is 32.9 Å². The Balaban J connectivity index is 3.15. The predicted octanol–water partition coefficient (Wildman–Crippen LogP) is 2.69. The Morgan fingerprint density at radius 2 is 1.87 bits per heavy atom. The molecule has 0 aliphatic carbocycles. The molecule has 0 unspecified atom stereocenters. The fraction of sp³-hybridized carbons (Fsp3) is 0.417. The molecule has 0 fully saturated rings. The van der Waals surface area contributed by atoms with Crippen LogP contribution in [0.5, 0.6) is 11.5 Å². The lowest BCUT2D eigenvalue weighted by molar-refractivity contribution is 0.101. The maximum Gasteiger partial charge on any atom is 0.171 e. The van der Waals surface area contributed by atoms with Gasteiger partial charge in [-0.15, -0.1) is 0 Å². The number of benzene rings is 1. The van der Waals surface area contributed by atoms with Gasteiger partial charge in [0.15, 0.2) is 17.3 Å². The molecule has 3 heteroatoms. The van der Waals surface area contributed by atoms with E-state index in [1.54, 1.807) is 18.2 Å². The van der Waals surface area contributed by atoms with Gasteiger partial charge < -0.3 is 9.47 Å². The summed E-state index contributed by atoms with van der Waals surface area (Å²) in [6.07, 6.45) is 0. The molecule has 0 bridgehead atoms. The molecule has 0 amide bonds. The Bertz CT molecular complexity index is 345. The number of hydrogen-bond donors (Lipinski definition) is 0. The van der Waals surface area contributed by atoms with Gasteiger partial charge in [-0.1, -0.05) is 6.07 Å². The van der Waals surface area contributed by atoms with Crippen molar-refractivity contribution < 1.29 is 14.3 Å². The number of rotatable bonds is 5. The van der Waals surface area contributed by atoms with Crippen molar-refractivity contribution in [3.63, 3.8) is 0 Å². The summed E-state index contributed by atoms with van der Waals surface area (Å²) in [5, 5.41) is 0. The van der Waals surface area contributed by atoms with Crippen LogP contribution in [-0.4, -0.2) is 19.0 Å². The molecule has 3 nitrogen and oxygen atoms in total. The highest BCUT2D eigenvalue weighted by molar-refractivity contribution is 5.97. The van der Waals surface area contributed by atoms with Crippen LogP contribution in [0, 0.1) is 0 Å². The molecule has 0 atom stereocenters. The van der Waals surface area contributed by atoms with Crippen LogP contribution in [0.2, 0.25) is 0 Å². The molecular formula is C12H16O3. The van der Waals surface area contributed by atoms with Crippen molar-refractivity contribution in [2.45, 2.75) is 20.8 Å². The number of Topliss-reactive ketones (excluding diaryl/α,β-unsaturated/α-hetero) is 1. The number of carbonyl (C=O) groups is 1. The predicted molar refractivity (Wildman–Crippen MR) is 58.8 cm³/mol. The van der Waals surface area contributed by atoms with E-state index in [0.717, 1.165) is 0 Å². The molecule has 1 aromatic carbocycles. The lowest BCUT2D eigenvalue weighted by atomic mass is 10.1. The van der Waals surface area contributed by atoms with E-state index in [1.807, 2.05) is 13.8 Å². The van der Waals surface area contributed by atoms with Gasteiger partial charge in [-0.25, -0.2) is 0 Å². The van der Waals surface area contributed by atoms with Crippen molar-refractivity contribution >= 4 is 5.78 Å². The van der Waals surface area contributed by atoms with Gasteiger partial charge >= 0.3 is 0 Å². The van der Waals surface area contributed by atoms with Crippen molar-refractivity contribution in [2.75, 3.05) is 13.2 Å². The molecule has 0 aliphatic rings. The Labute approximate surface area is 90.0 Å². The number of ketones is 1. The third-order valence-electron chi connectivity index (χ3n) is 1.95. The highest BCUT2D eigenvalue weighted by atomic mass is 16.5. The first kappa shape index (κ1) is 11.6. The zero-order valence-corrected chi connectivity index (χ0v) is 9.37. The van der Waals surface area contributed by atoms with Gasteiger partial charge in [0.2, 0.25) is 0 Å². The van der Waals surface area contributed by atoms with Gasteiger partial charge in [-0.3, -0.25) is 4.79 Å². The molecule has 0 N–H and O–H groups in total. The van der Waals surface area contributed by atoms with E-state index >= 15 is 0 Å². The third kappa shape index (κ3) is 2.72. The van der Waals surface area contributed by atoms with Gasteiger partial charge in [0.1, 0.15) is 0 Å². The maximum absolute atomic E-state index is 11.4. The maximum atomic E-state index is 11.4. The topological polar surface area (TPSA) is 35.5 Å². The molecule has 82 valence electrons. The number of ether oxygens (including phenoxy) is 2. The van der Waals surface area contributed by atoms with Crippen molar-refractivity contribution in [3.8, 4) is 11.5 Å². The Hall–Kier alpha value is -1.51. The fourth-order valence-electron chi connectivity index (χ4n) is 1.36. The summed E-state index contributed by atoms with van der Waals surface area (Å²) in [7, 11) is 0. The summed E-state index contributed by atoms with van der Waals surface area (Å²) < 4.78 is 10.8. The van der Waals surface area contributed by atoms with E-state index in [2.05, 4.69) is 0 Å². The molecule has 0 saturated carbocycles. The van der Waals surface area contributed by atoms with E-state index in [4.69, 9.17) is 9.47 Å². The van der Waals surface area contributed by atoms with Crippen LogP contribution in [-0.2, 0) is 0 Å². The largest absolute Gasteiger partial charge is 0.490 e. The fourth-order valence-corrected chi connectivity index (χ4v) is 1.36. The summed E-state index contributed by atoms with van der Waals surface area (Å²) in [6, 6.07) is 5.35. The van der Waals surface area contributed by atoms with Crippen molar-refractivity contribution in [2.24, 2.45) is 0 Å². The molecule has 15 heavy (non-hydrogen) atoms. The van der Waals surface area contributed by atoms with Gasteiger partial charge in [-0.2, -0.15) is 0 Å². The molecule has 0 spiro atoms. The second kappa shape index (κ2) is 5.39. The minimum atomic E-state index is -0.0139. The SMILES string of the molecule is CCOc1cccc(C(C)=O)c1OCC. The standard InChI is InChI=1S/C12H16O3/c1-4-14-11-8-6-7-10(9(3)13)12(11)15-5-2/h6-8H,4-5H2,1-3H3. The second-order valence-corrected chi connectivity index (χ2v) is 3.06. The molecule has 0 aromatic heterocycles. The lowest BCUT2D eigenvalue weighted by Crippen LogP contribution is -2.04. The van der Waals surface area contributed by atoms with E-state index < -0.39 is 0 Å². The zero-order chi connectivity index (χ0) is 11.3. The van der Waals surface area contributed by atoms with Crippen LogP contribution >= 0.6 is 0 Å². The number of carbonyl (C=O) groups excluding carboxylic acids is 1. The Morgan fingerprint density at radius 3 is 2.40 bits per heavy atom. The Kier molecular flexibility index (Phi) is 4.16. The van der Waals surface area contributed by atoms with E-state index in [9.17, 15) is 4.79 Å². The van der Waals surface area contributed by atoms with Crippen LogP contribution in [0.3, 0.4) is 0 Å². The minimum absolute atomic E-state index is 0.0139. The molecule has 0 radical (unpaired) electrons. The van der Waals surface area contributed by atoms with E-state index in [-0.39, 0.29) is 5.78 Å². The molecule has 1 aromatic rings. The zero-order valence-electron chi connectivity index (χ0n) is 9.37. The van der Waals surface area contributed by atoms with Crippen LogP contribution < -0.4 is 9.47 Å². The summed E-state index contributed by atoms with van der Waals surface area (Å²) in [6.45, 7) is 6.38. The van der Waals surface area contributed by atoms with E-state index in [1.165, 1.54) is 6.92 Å². The highest BCUT2D eigenvalue weighted by Crippen LogP contribution is 2.31. The summed E-state index contributed by atoms with van der Waals surface area (Å²) in [5.41, 5.74) is 0.572. The summed E-state index contributed by atoms with van der Waals surface area (Å²) in [4.78, 5) is 11.4. The van der Waals surface area contributed by atoms with Crippen LogP contribution in [0.15, 0.2) is 18.2 Å². The molecule has 0 heterocycles. The Morgan fingerprint density at radius 1 is 1.20 bits per heavy atom. The van der Waals surface area contributed by atoms with Gasteiger partial charge in [0, 0.05) is 0 Å². The molecule has 0 saturated heterocycles. The van der Waals surface area contributed by atoms with Crippen LogP contribution in [0.4, 0.5) is 0 Å². The van der Waals surface area contributed by atoms with Gasteiger partial charge in [0.25, 0.3) is 0 Å². The number of para-hydroxylation sites is 1. The van der Waals surface area contributed by atoms with Gasteiger partial charge in [0.05, 0.1) is 18.8 Å². The molecular weight excluding hydrogens is 192 g/mol. The van der Waals surface area contributed by atoms with Crippen LogP contribution in [0.25, 0.3) is 0 Å². The second-order valence-electron chi connectivity index (χ2n) is 3.06. The van der Waals surface area contributed by atoms with Crippen molar-refractivity contribution in [1.82, 2.24) is 0 Å². The lowest BCUT2D eigenvalue weighted by Gasteiger charge is -2.13. The summed E-state index contributed by atoms with van der Waals surface area (Å²) in [5.74, 6) is 1.17. The number of hydrogen-bond acceptors (Lipinski definition) is 3. The van der Waals surface area contributed by atoms with E-state index in [0.29, 0.717) is 30.3 Å². The normalized spacial score (nSPS) is 9.80. The van der Waals surface area contributed by atoms with Crippen LogP contribution in [0.1, 0.15) is 31.1 Å². The first-order valence-electron chi connectivity index (χ1n) is 5.10. The molecule has 1 rings (SSSR count). The average molecular weight is 208 g/mol. The average Bonchev–Trinajstić information content (AvgIpc) is 2.21. The highest BCUT2D eigenvalue weighted by Gasteiger charge is 2.13. The minimum Gasteiger partial charge on any atom is -0.490 e. The third-order valence-corrected chi connectivity index (χ3v) is 1.95. The molecule has 0 aliphatic heterocycles. The smallest absolute Gasteiger partial charge is 0.171 e. The van der Waals surface area contributed by atoms with Crippen molar-refractivity contribution in [1.29, 1.82) is 0 Å². The summed E-state index contributed by atoms with van der Waals surface area (Å²) >= 11 is 0. The quantitative estimate of drug-likeness (QED) is 0.698. The first-order valence-corrected chi connectivity index (χ1v) is 5.10. The first-order chi connectivity index (χ1) is 7.20.